The number of piperidine rings is 1. The summed E-state index contributed by atoms with van der Waals surface area (Å²) < 4.78 is 0. The second-order valence-corrected chi connectivity index (χ2v) is 6.39. The van der Waals surface area contributed by atoms with Crippen LogP contribution >= 0.6 is 0 Å². The van der Waals surface area contributed by atoms with Gasteiger partial charge in [-0.3, -0.25) is 0 Å². The zero-order chi connectivity index (χ0) is 15.1. The molecule has 0 aromatic rings. The van der Waals surface area contributed by atoms with Crippen LogP contribution in [0, 0.1) is 18.3 Å². The number of terminal acetylenes is 1. The number of nitrogens with one attached hydrogen (secondary N) is 1. The van der Waals surface area contributed by atoms with Crippen molar-refractivity contribution in [1.29, 1.82) is 0 Å². The molecule has 1 aliphatic heterocycles. The van der Waals surface area contributed by atoms with E-state index in [0.717, 1.165) is 38.5 Å². The van der Waals surface area contributed by atoms with Gasteiger partial charge in [-0.25, -0.2) is 0 Å². The fourth-order valence-corrected chi connectivity index (χ4v) is 4.09. The van der Waals surface area contributed by atoms with Crippen LogP contribution in [0.15, 0.2) is 30.5 Å². The standard InChI is InChI=1S/C19H27NO/c1-3-5-7-10-16-11-8-14-19(20-16)15-9-13-18(21)17(19)12-6-4-2/h2,5-6,12,16-18,20-21H,1,7-11,13-15H2. The molecule has 0 aromatic carbocycles. The first-order valence-corrected chi connectivity index (χ1v) is 8.15. The van der Waals surface area contributed by atoms with Gasteiger partial charge in [-0.15, -0.1) is 12.2 Å². The van der Waals surface area contributed by atoms with Crippen molar-refractivity contribution in [3.05, 3.63) is 30.5 Å². The monoisotopic (exact) mass is 285 g/mol. The largest absolute Gasteiger partial charge is 0.392 e. The Morgan fingerprint density at radius 1 is 1.33 bits per heavy atom. The minimum atomic E-state index is -0.275. The van der Waals surface area contributed by atoms with Crippen LogP contribution in [0.1, 0.15) is 51.4 Å². The summed E-state index contributed by atoms with van der Waals surface area (Å²) in [4.78, 5) is 0. The molecular weight excluding hydrogens is 258 g/mol. The SMILES string of the molecule is C#CC=CC1C(O)CCCC12CCCC(CCC=C=C)N2. The molecule has 2 N–H and O–H groups in total. The van der Waals surface area contributed by atoms with Crippen molar-refractivity contribution >= 4 is 0 Å². The molecule has 21 heavy (non-hydrogen) atoms. The van der Waals surface area contributed by atoms with Crippen LogP contribution in [0.5, 0.6) is 0 Å². The van der Waals surface area contributed by atoms with E-state index in [-0.39, 0.29) is 17.6 Å². The minimum absolute atomic E-state index is 0.0336. The Balaban J connectivity index is 2.10. The van der Waals surface area contributed by atoms with Gasteiger partial charge in [0.05, 0.1) is 6.10 Å². The molecule has 4 unspecified atom stereocenters. The third kappa shape index (κ3) is 3.89. The second kappa shape index (κ2) is 7.66. The van der Waals surface area contributed by atoms with E-state index in [1.807, 2.05) is 12.2 Å². The Bertz CT molecular complexity index is 451. The van der Waals surface area contributed by atoms with E-state index in [0.29, 0.717) is 6.04 Å². The van der Waals surface area contributed by atoms with Crippen LogP contribution in [-0.2, 0) is 0 Å². The topological polar surface area (TPSA) is 32.3 Å². The van der Waals surface area contributed by atoms with E-state index in [1.54, 1.807) is 6.08 Å². The number of allylic oxidation sites excluding steroid dienone is 2. The van der Waals surface area contributed by atoms with Gasteiger partial charge in [-0.1, -0.05) is 25.0 Å². The zero-order valence-corrected chi connectivity index (χ0v) is 12.9. The summed E-state index contributed by atoms with van der Waals surface area (Å²) in [6.45, 7) is 3.62. The number of hydrogen-bond acceptors (Lipinski definition) is 2. The maximum absolute atomic E-state index is 10.4. The first-order chi connectivity index (χ1) is 10.2. The van der Waals surface area contributed by atoms with Crippen LogP contribution in [0.4, 0.5) is 0 Å². The van der Waals surface area contributed by atoms with Gasteiger partial charge < -0.3 is 10.4 Å². The van der Waals surface area contributed by atoms with Crippen molar-refractivity contribution in [2.45, 2.75) is 69.1 Å². The first-order valence-electron chi connectivity index (χ1n) is 8.15. The third-order valence-electron chi connectivity index (χ3n) is 5.05. The smallest absolute Gasteiger partial charge is 0.0620 e. The summed E-state index contributed by atoms with van der Waals surface area (Å²) in [6, 6.07) is 0.524. The Labute approximate surface area is 129 Å². The van der Waals surface area contributed by atoms with Gasteiger partial charge in [0, 0.05) is 17.5 Å². The van der Waals surface area contributed by atoms with Crippen molar-refractivity contribution in [3.8, 4) is 12.3 Å². The Hall–Kier alpha value is -1.26. The molecule has 1 saturated carbocycles. The fourth-order valence-electron chi connectivity index (χ4n) is 4.09. The fraction of sp³-hybridized carbons (Fsp3) is 0.632. The number of aliphatic hydroxyl groups excluding tert-OH is 1. The maximum atomic E-state index is 10.4. The quantitative estimate of drug-likeness (QED) is 0.613. The molecular formula is C19H27NO. The van der Waals surface area contributed by atoms with Crippen LogP contribution in [0.25, 0.3) is 0 Å². The predicted molar refractivity (Wildman–Crippen MR) is 87.8 cm³/mol. The first kappa shape index (κ1) is 16.1. The van der Waals surface area contributed by atoms with Gasteiger partial charge >= 0.3 is 0 Å². The van der Waals surface area contributed by atoms with E-state index in [1.165, 1.54) is 12.8 Å². The molecule has 1 spiro atoms. The van der Waals surface area contributed by atoms with Crippen LogP contribution in [0.3, 0.4) is 0 Å². The van der Waals surface area contributed by atoms with Crippen molar-refractivity contribution in [3.63, 3.8) is 0 Å². The summed E-state index contributed by atoms with van der Waals surface area (Å²) in [5.74, 6) is 2.71. The molecule has 0 radical (unpaired) electrons. The maximum Gasteiger partial charge on any atom is 0.0620 e. The lowest BCUT2D eigenvalue weighted by molar-refractivity contribution is 0.00300. The molecule has 0 amide bonds. The normalized spacial score (nSPS) is 36.3. The Morgan fingerprint density at radius 2 is 2.10 bits per heavy atom. The molecule has 2 nitrogen and oxygen atoms in total. The minimum Gasteiger partial charge on any atom is -0.392 e. The molecule has 2 heteroatoms. The van der Waals surface area contributed by atoms with Gasteiger partial charge in [0.1, 0.15) is 0 Å². The Kier molecular flexibility index (Phi) is 5.88. The molecule has 1 heterocycles. The molecule has 2 fully saturated rings. The van der Waals surface area contributed by atoms with E-state index < -0.39 is 0 Å². The van der Waals surface area contributed by atoms with Crippen molar-refractivity contribution in [2.24, 2.45) is 5.92 Å². The van der Waals surface area contributed by atoms with Crippen molar-refractivity contribution in [1.82, 2.24) is 5.32 Å². The number of rotatable bonds is 4. The molecule has 4 atom stereocenters. The number of hydrogen-bond donors (Lipinski definition) is 2. The molecule has 1 aliphatic carbocycles. The van der Waals surface area contributed by atoms with Gasteiger partial charge in [-0.05, 0) is 57.1 Å². The van der Waals surface area contributed by atoms with Gasteiger partial charge in [0.25, 0.3) is 0 Å². The van der Waals surface area contributed by atoms with Crippen molar-refractivity contribution < 1.29 is 5.11 Å². The average molecular weight is 285 g/mol. The van der Waals surface area contributed by atoms with Crippen molar-refractivity contribution in [2.75, 3.05) is 0 Å². The molecule has 114 valence electrons. The summed E-state index contributed by atoms with van der Waals surface area (Å²) in [7, 11) is 0. The predicted octanol–water partition coefficient (Wildman–Crippen LogP) is 3.34. The van der Waals surface area contributed by atoms with E-state index >= 15 is 0 Å². The van der Waals surface area contributed by atoms with Gasteiger partial charge in [-0.2, -0.15) is 0 Å². The highest BCUT2D eigenvalue weighted by molar-refractivity contribution is 5.17. The lowest BCUT2D eigenvalue weighted by Crippen LogP contribution is -2.61. The highest BCUT2D eigenvalue weighted by atomic mass is 16.3. The molecule has 1 saturated heterocycles. The lowest BCUT2D eigenvalue weighted by Gasteiger charge is -2.51. The summed E-state index contributed by atoms with van der Waals surface area (Å²) in [5.41, 5.74) is 2.88. The Morgan fingerprint density at radius 3 is 2.81 bits per heavy atom. The molecule has 2 rings (SSSR count). The lowest BCUT2D eigenvalue weighted by atomic mass is 9.66. The van der Waals surface area contributed by atoms with Gasteiger partial charge in [0.15, 0.2) is 0 Å². The highest BCUT2D eigenvalue weighted by Crippen LogP contribution is 2.41. The molecule has 0 aromatic heterocycles. The van der Waals surface area contributed by atoms with Crippen LogP contribution in [0.2, 0.25) is 0 Å². The summed E-state index contributed by atoms with van der Waals surface area (Å²) >= 11 is 0. The zero-order valence-electron chi connectivity index (χ0n) is 12.9. The summed E-state index contributed by atoms with van der Waals surface area (Å²) in [5, 5.41) is 14.3. The molecule has 0 bridgehead atoms. The average Bonchev–Trinajstić information content (AvgIpc) is 2.47. The highest BCUT2D eigenvalue weighted by Gasteiger charge is 2.45. The van der Waals surface area contributed by atoms with E-state index in [2.05, 4.69) is 23.5 Å². The van der Waals surface area contributed by atoms with Gasteiger partial charge in [0.2, 0.25) is 0 Å². The second-order valence-electron chi connectivity index (χ2n) is 6.39. The van der Waals surface area contributed by atoms with Crippen LogP contribution < -0.4 is 5.32 Å². The summed E-state index contributed by atoms with van der Waals surface area (Å²) in [6.07, 6.45) is 19.7. The van der Waals surface area contributed by atoms with E-state index in [9.17, 15) is 5.11 Å². The van der Waals surface area contributed by atoms with Crippen LogP contribution in [-0.4, -0.2) is 22.8 Å². The van der Waals surface area contributed by atoms with E-state index in [4.69, 9.17) is 6.42 Å². The molecule has 2 aliphatic rings. The third-order valence-corrected chi connectivity index (χ3v) is 5.05. The number of aliphatic hydroxyl groups is 1.